The summed E-state index contributed by atoms with van der Waals surface area (Å²) in [6.07, 6.45) is 0. The summed E-state index contributed by atoms with van der Waals surface area (Å²) < 4.78 is 48.2. The molecule has 122 valence electrons. The Morgan fingerprint density at radius 1 is 0.636 bits per heavy atom. The Morgan fingerprint density at radius 3 is 1.18 bits per heavy atom. The van der Waals surface area contributed by atoms with Crippen LogP contribution in [-0.2, 0) is 20.0 Å². The summed E-state index contributed by atoms with van der Waals surface area (Å²) in [5.41, 5.74) is 1.80. The largest absolute Gasteiger partial charge is 0.254 e. The molecule has 6 nitrogen and oxygen atoms in total. The fourth-order valence-electron chi connectivity index (χ4n) is 1.66. The van der Waals surface area contributed by atoms with Crippen molar-refractivity contribution < 1.29 is 19.7 Å². The van der Waals surface area contributed by atoms with E-state index >= 15 is 0 Å². The zero-order valence-electron chi connectivity index (χ0n) is 12.1. The molecule has 0 bridgehead atoms. The van der Waals surface area contributed by atoms with Crippen molar-refractivity contribution in [1.82, 2.24) is 9.66 Å². The van der Waals surface area contributed by atoms with Crippen LogP contribution in [0.2, 0.25) is 0 Å². The van der Waals surface area contributed by atoms with Gasteiger partial charge in [0, 0.05) is 2.85 Å². The molecule has 0 radical (unpaired) electrons. The van der Waals surface area contributed by atoms with Crippen LogP contribution in [-0.4, -0.2) is 16.8 Å². The van der Waals surface area contributed by atoms with Crippen molar-refractivity contribution >= 4 is 20.0 Å². The molecule has 0 unspecified atom stereocenters. The van der Waals surface area contributed by atoms with Crippen LogP contribution in [0.25, 0.3) is 0 Å². The molecule has 0 heterocycles. The zero-order chi connectivity index (χ0) is 16.4. The second-order valence-electron chi connectivity index (χ2n) is 4.84. The monoisotopic (exact) mass is 344 g/mol. The molecule has 0 amide bonds. The van der Waals surface area contributed by atoms with Crippen LogP contribution in [0.3, 0.4) is 0 Å². The number of nitrogens with one attached hydrogen (secondary N) is 2. The van der Waals surface area contributed by atoms with Crippen LogP contribution in [0, 0.1) is 13.8 Å². The first-order valence-corrected chi connectivity index (χ1v) is 9.34. The molecule has 0 aromatic heterocycles. The van der Waals surface area contributed by atoms with E-state index in [1.807, 2.05) is 23.5 Å². The predicted octanol–water partition coefficient (Wildman–Crippen LogP) is 1.97. The minimum absolute atomic E-state index is 0. The summed E-state index contributed by atoms with van der Waals surface area (Å²) in [7, 11) is -7.93. The first-order chi connectivity index (χ1) is 10.2. The fraction of sp³-hybridized carbons (Fsp3) is 0.143. The smallest absolute Gasteiger partial charge is 0.206 e. The average Bonchev–Trinajstić information content (AvgIpc) is 2.46. The van der Waals surface area contributed by atoms with Crippen LogP contribution in [0.15, 0.2) is 58.3 Å². The third-order valence-electron chi connectivity index (χ3n) is 2.97. The third-order valence-corrected chi connectivity index (χ3v) is 5.63. The van der Waals surface area contributed by atoms with Crippen LogP contribution in [0.5, 0.6) is 0 Å². The van der Waals surface area contributed by atoms with E-state index in [1.165, 1.54) is 24.3 Å². The Kier molecular flexibility index (Phi) is 4.66. The van der Waals surface area contributed by atoms with E-state index in [2.05, 4.69) is 0 Å². The number of hydrogen-bond acceptors (Lipinski definition) is 4. The van der Waals surface area contributed by atoms with Gasteiger partial charge in [-0.3, -0.25) is 0 Å². The Morgan fingerprint density at radius 2 is 0.909 bits per heavy atom. The lowest BCUT2D eigenvalue weighted by Gasteiger charge is -2.09. The van der Waals surface area contributed by atoms with Crippen molar-refractivity contribution in [3.8, 4) is 0 Å². The predicted molar refractivity (Wildman–Crippen MR) is 87.2 cm³/mol. The van der Waals surface area contributed by atoms with E-state index in [-0.39, 0.29) is 12.6 Å². The van der Waals surface area contributed by atoms with Gasteiger partial charge in [-0.2, -0.15) is 0 Å². The van der Waals surface area contributed by atoms with Crippen LogP contribution in [0.1, 0.15) is 14.0 Å². The van der Waals surface area contributed by atoms with Crippen molar-refractivity contribution in [2.24, 2.45) is 0 Å². The van der Waals surface area contributed by atoms with Gasteiger partial charge in [-0.1, -0.05) is 35.4 Å². The van der Waals surface area contributed by atoms with Crippen LogP contribution in [0.4, 0.5) is 0 Å². The molecule has 0 fully saturated rings. The average molecular weight is 344 g/mol. The molecule has 0 aliphatic rings. The van der Waals surface area contributed by atoms with Gasteiger partial charge in [0.15, 0.2) is 0 Å². The summed E-state index contributed by atoms with van der Waals surface area (Å²) in [5.74, 6) is 0. The van der Waals surface area contributed by atoms with Crippen LogP contribution < -0.4 is 9.66 Å². The molecule has 0 spiro atoms. The van der Waals surface area contributed by atoms with E-state index < -0.39 is 20.0 Å². The maximum absolute atomic E-state index is 12.0. The summed E-state index contributed by atoms with van der Waals surface area (Å²) >= 11 is 0. The van der Waals surface area contributed by atoms with Gasteiger partial charge in [0.2, 0.25) is 0 Å². The molecule has 0 atom stereocenters. The summed E-state index contributed by atoms with van der Waals surface area (Å²) in [6.45, 7) is 3.65. The van der Waals surface area contributed by atoms with Crippen molar-refractivity contribution in [3.63, 3.8) is 0 Å². The van der Waals surface area contributed by atoms with Crippen molar-refractivity contribution in [1.29, 1.82) is 0 Å². The Balaban J connectivity index is 0.00000264. The number of hydrogen-bond donors (Lipinski definition) is 2. The molecule has 2 N–H and O–H groups in total. The minimum atomic E-state index is -3.97. The van der Waals surface area contributed by atoms with Gasteiger partial charge >= 0.3 is 0 Å². The van der Waals surface area contributed by atoms with Gasteiger partial charge in [0.25, 0.3) is 20.0 Å². The highest BCUT2D eigenvalue weighted by Gasteiger charge is 2.19. The Labute approximate surface area is 133 Å². The van der Waals surface area contributed by atoms with Gasteiger partial charge in [-0.25, -0.2) is 16.8 Å². The van der Waals surface area contributed by atoms with Gasteiger partial charge < -0.3 is 0 Å². The lowest BCUT2D eigenvalue weighted by Crippen LogP contribution is -2.41. The number of aryl methyl sites for hydroxylation is 2. The van der Waals surface area contributed by atoms with E-state index in [4.69, 9.17) is 0 Å². The molecular formula is C14H20N2O4S2. The molecule has 0 aliphatic carbocycles. The lowest BCUT2D eigenvalue weighted by molar-refractivity contribution is 0.557. The summed E-state index contributed by atoms with van der Waals surface area (Å²) in [5, 5.41) is 0. The summed E-state index contributed by atoms with van der Waals surface area (Å²) in [6, 6.07) is 12.1. The second-order valence-corrected chi connectivity index (χ2v) is 8.20. The third kappa shape index (κ3) is 3.92. The first-order valence-electron chi connectivity index (χ1n) is 6.38. The molecule has 2 aromatic carbocycles. The molecule has 0 saturated carbocycles. The first kappa shape index (κ1) is 16.6. The normalized spacial score (nSPS) is 12.3. The van der Waals surface area contributed by atoms with Gasteiger partial charge in [-0.05, 0) is 38.1 Å². The van der Waals surface area contributed by atoms with Crippen molar-refractivity contribution in [3.05, 3.63) is 59.7 Å². The highest BCUT2D eigenvalue weighted by molar-refractivity contribution is 7.92. The lowest BCUT2D eigenvalue weighted by atomic mass is 10.2. The number of sulfonamides is 2. The molecule has 8 heteroatoms. The molecule has 0 aliphatic heterocycles. The van der Waals surface area contributed by atoms with E-state index in [1.54, 1.807) is 24.3 Å². The molecule has 2 rings (SSSR count). The fourth-order valence-corrected chi connectivity index (χ4v) is 3.76. The van der Waals surface area contributed by atoms with Crippen LogP contribution >= 0.6 is 0 Å². The maximum atomic E-state index is 12.0. The summed E-state index contributed by atoms with van der Waals surface area (Å²) in [4.78, 5) is 3.72. The van der Waals surface area contributed by atoms with E-state index in [9.17, 15) is 16.8 Å². The van der Waals surface area contributed by atoms with E-state index in [0.29, 0.717) is 0 Å². The minimum Gasteiger partial charge on any atom is -0.206 e. The topological polar surface area (TPSA) is 92.3 Å². The molecule has 0 saturated heterocycles. The number of rotatable bonds is 5. The highest BCUT2D eigenvalue weighted by Crippen LogP contribution is 2.11. The Hall–Kier alpha value is -1.74. The van der Waals surface area contributed by atoms with Crippen molar-refractivity contribution in [2.45, 2.75) is 23.6 Å². The highest BCUT2D eigenvalue weighted by atomic mass is 32.2. The number of hydrazine groups is 1. The standard InChI is InChI=1S/C14H16N2O4S2.2H2/c1-11-3-7-13(8-4-11)21(17,18)15-16-22(19,20)14-9-5-12(2)6-10-14;;/h3-10,15-16H,1-2H3;2*1H. The molecular weight excluding hydrogens is 324 g/mol. The number of benzene rings is 2. The second kappa shape index (κ2) is 6.17. The zero-order valence-corrected chi connectivity index (χ0v) is 13.7. The molecule has 2 aromatic rings. The van der Waals surface area contributed by atoms with Gasteiger partial charge in [-0.15, -0.1) is 9.66 Å². The SMILES string of the molecule is Cc1ccc(S(=O)(=O)NNS(=O)(=O)c2ccc(C)cc2)cc1.[HH].[HH]. The Bertz CT molecular complexity index is 790. The van der Waals surface area contributed by atoms with Crippen molar-refractivity contribution in [2.75, 3.05) is 0 Å². The molecule has 22 heavy (non-hydrogen) atoms. The van der Waals surface area contributed by atoms with Gasteiger partial charge in [0.05, 0.1) is 9.79 Å². The van der Waals surface area contributed by atoms with Gasteiger partial charge in [0.1, 0.15) is 0 Å². The quantitative estimate of drug-likeness (QED) is 0.811. The van der Waals surface area contributed by atoms with E-state index in [0.717, 1.165) is 11.1 Å². The maximum Gasteiger partial charge on any atom is 0.254 e.